The molecule has 3 heteroatoms. The summed E-state index contributed by atoms with van der Waals surface area (Å²) in [5, 5.41) is 0. The Kier molecular flexibility index (Phi) is 6.29. The number of allylic oxidation sites excluding steroid dienone is 2. The first-order chi connectivity index (χ1) is 13.1. The van der Waals surface area contributed by atoms with Gasteiger partial charge in [0.2, 0.25) is 0 Å². The third-order valence-corrected chi connectivity index (χ3v) is 4.37. The Morgan fingerprint density at radius 3 is 1.44 bits per heavy atom. The van der Waals surface area contributed by atoms with Crippen molar-refractivity contribution in [2.24, 2.45) is 0 Å². The van der Waals surface area contributed by atoms with Gasteiger partial charge in [0.15, 0.2) is 11.6 Å². The zero-order valence-corrected chi connectivity index (χ0v) is 16.1. The molecule has 0 saturated heterocycles. The van der Waals surface area contributed by atoms with E-state index in [1.807, 2.05) is 54.6 Å². The molecule has 0 unspecified atom stereocenters. The van der Waals surface area contributed by atoms with Gasteiger partial charge in [-0.25, -0.2) is 0 Å². The number of hydrogen-bond donors (Lipinski definition) is 0. The zero-order chi connectivity index (χ0) is 19.1. The monoisotopic (exact) mass is 416 g/mol. The second-order valence-corrected chi connectivity index (χ2v) is 6.86. The Morgan fingerprint density at radius 2 is 1.04 bits per heavy atom. The van der Waals surface area contributed by atoms with Gasteiger partial charge < -0.3 is 0 Å². The normalized spacial score (nSPS) is 11.1. The van der Waals surface area contributed by atoms with Crippen molar-refractivity contribution in [3.63, 3.8) is 0 Å². The van der Waals surface area contributed by atoms with E-state index in [9.17, 15) is 9.59 Å². The fourth-order valence-corrected chi connectivity index (χ4v) is 3.10. The Balaban J connectivity index is 1.76. The van der Waals surface area contributed by atoms with Crippen LogP contribution in [0.1, 0.15) is 31.8 Å². The van der Waals surface area contributed by atoms with Crippen LogP contribution in [0.3, 0.4) is 0 Å². The smallest absolute Gasteiger partial charge is 0.185 e. The zero-order valence-electron chi connectivity index (χ0n) is 14.5. The molecule has 0 heterocycles. The number of benzene rings is 3. The molecular formula is C24H17BrO2. The number of ketones is 2. The molecule has 27 heavy (non-hydrogen) atoms. The van der Waals surface area contributed by atoms with Gasteiger partial charge in [-0.2, -0.15) is 0 Å². The number of hydrogen-bond acceptors (Lipinski definition) is 2. The van der Waals surface area contributed by atoms with Crippen molar-refractivity contribution in [3.8, 4) is 0 Å². The van der Waals surface area contributed by atoms with Crippen LogP contribution in [0.15, 0.2) is 95.5 Å². The van der Waals surface area contributed by atoms with Gasteiger partial charge in [0.05, 0.1) is 0 Å². The second-order valence-electron chi connectivity index (χ2n) is 5.95. The summed E-state index contributed by atoms with van der Waals surface area (Å²) in [6.07, 6.45) is 6.66. The van der Waals surface area contributed by atoms with Crippen LogP contribution in [-0.2, 0) is 0 Å². The molecule has 0 aliphatic carbocycles. The highest BCUT2D eigenvalue weighted by atomic mass is 79.9. The highest BCUT2D eigenvalue weighted by Crippen LogP contribution is 2.19. The molecule has 0 bridgehead atoms. The Hall–Kier alpha value is -3.04. The average molecular weight is 417 g/mol. The van der Waals surface area contributed by atoms with E-state index in [2.05, 4.69) is 15.9 Å². The first-order valence-corrected chi connectivity index (χ1v) is 9.27. The summed E-state index contributed by atoms with van der Waals surface area (Å²) in [7, 11) is 0. The largest absolute Gasteiger partial charge is 0.289 e. The van der Waals surface area contributed by atoms with E-state index in [0.717, 1.165) is 15.6 Å². The number of carbonyl (C=O) groups is 2. The predicted octanol–water partition coefficient (Wildman–Crippen LogP) is 6.24. The van der Waals surface area contributed by atoms with Crippen LogP contribution in [0, 0.1) is 0 Å². The maximum atomic E-state index is 12.2. The first-order valence-electron chi connectivity index (χ1n) is 8.47. The van der Waals surface area contributed by atoms with E-state index >= 15 is 0 Å². The molecule has 132 valence electrons. The van der Waals surface area contributed by atoms with Crippen molar-refractivity contribution < 1.29 is 9.59 Å². The van der Waals surface area contributed by atoms with Gasteiger partial charge in [0.25, 0.3) is 0 Å². The summed E-state index contributed by atoms with van der Waals surface area (Å²) in [5.74, 6) is -0.0983. The SMILES string of the molecule is O=C(C=Cc1cc(Br)cc(C=CC(=O)c2ccccc2)c1)c1ccccc1. The van der Waals surface area contributed by atoms with Crippen LogP contribution >= 0.6 is 15.9 Å². The molecule has 0 aliphatic rings. The van der Waals surface area contributed by atoms with E-state index in [1.165, 1.54) is 0 Å². The molecule has 0 N–H and O–H groups in total. The molecule has 0 spiro atoms. The van der Waals surface area contributed by atoms with Crippen molar-refractivity contribution in [2.45, 2.75) is 0 Å². The lowest BCUT2D eigenvalue weighted by Crippen LogP contribution is -1.93. The maximum Gasteiger partial charge on any atom is 0.185 e. The highest BCUT2D eigenvalue weighted by Gasteiger charge is 2.02. The van der Waals surface area contributed by atoms with Crippen LogP contribution in [0.5, 0.6) is 0 Å². The molecule has 2 nitrogen and oxygen atoms in total. The van der Waals surface area contributed by atoms with E-state index < -0.39 is 0 Å². The lowest BCUT2D eigenvalue weighted by atomic mass is 10.1. The van der Waals surface area contributed by atoms with E-state index in [-0.39, 0.29) is 11.6 Å². The van der Waals surface area contributed by atoms with E-state index in [0.29, 0.717) is 11.1 Å². The molecule has 0 atom stereocenters. The standard InChI is InChI=1S/C24H17BrO2/c25-22-16-18(11-13-23(26)20-7-3-1-4-8-20)15-19(17-22)12-14-24(27)21-9-5-2-6-10-21/h1-17H. The van der Waals surface area contributed by atoms with Gasteiger partial charge in [-0.1, -0.05) is 88.7 Å². The van der Waals surface area contributed by atoms with Crippen LogP contribution in [0.25, 0.3) is 12.2 Å². The predicted molar refractivity (Wildman–Crippen MR) is 114 cm³/mol. The number of carbonyl (C=O) groups excluding carboxylic acids is 2. The van der Waals surface area contributed by atoms with E-state index in [1.54, 1.807) is 48.6 Å². The number of halogens is 1. The minimum atomic E-state index is -0.0491. The summed E-state index contributed by atoms with van der Waals surface area (Å²) in [6.45, 7) is 0. The fourth-order valence-electron chi connectivity index (χ4n) is 2.57. The van der Waals surface area contributed by atoms with Crippen molar-refractivity contribution in [2.75, 3.05) is 0 Å². The fraction of sp³-hybridized carbons (Fsp3) is 0. The van der Waals surface area contributed by atoms with Gasteiger partial charge >= 0.3 is 0 Å². The molecule has 0 aromatic heterocycles. The molecule has 0 fully saturated rings. The summed E-state index contributed by atoms with van der Waals surface area (Å²) >= 11 is 3.48. The number of rotatable bonds is 6. The van der Waals surface area contributed by atoms with Crippen molar-refractivity contribution in [3.05, 3.63) is 118 Å². The molecule has 0 amide bonds. The third kappa shape index (κ3) is 5.47. The lowest BCUT2D eigenvalue weighted by molar-refractivity contribution is 0.103. The van der Waals surface area contributed by atoms with Gasteiger partial charge in [0, 0.05) is 15.6 Å². The quantitative estimate of drug-likeness (QED) is 0.351. The third-order valence-electron chi connectivity index (χ3n) is 3.91. The van der Waals surface area contributed by atoms with Crippen LogP contribution in [0.2, 0.25) is 0 Å². The van der Waals surface area contributed by atoms with Gasteiger partial charge in [0.1, 0.15) is 0 Å². The van der Waals surface area contributed by atoms with Crippen molar-refractivity contribution >= 4 is 39.6 Å². The van der Waals surface area contributed by atoms with Crippen LogP contribution < -0.4 is 0 Å². The summed E-state index contributed by atoms with van der Waals surface area (Å²) in [4.78, 5) is 24.4. The van der Waals surface area contributed by atoms with Crippen molar-refractivity contribution in [1.29, 1.82) is 0 Å². The van der Waals surface area contributed by atoms with Crippen LogP contribution in [0.4, 0.5) is 0 Å². The highest BCUT2D eigenvalue weighted by molar-refractivity contribution is 9.10. The summed E-state index contributed by atoms with van der Waals surface area (Å²) in [6, 6.07) is 24.0. The van der Waals surface area contributed by atoms with E-state index in [4.69, 9.17) is 0 Å². The molecule has 0 aliphatic heterocycles. The second kappa shape index (κ2) is 9.06. The molecule has 3 aromatic carbocycles. The molecule has 0 saturated carbocycles. The Bertz CT molecular complexity index is 923. The summed E-state index contributed by atoms with van der Waals surface area (Å²) < 4.78 is 0.878. The molecule has 3 rings (SSSR count). The Morgan fingerprint density at radius 1 is 0.630 bits per heavy atom. The lowest BCUT2D eigenvalue weighted by Gasteiger charge is -2.01. The molecule has 3 aromatic rings. The topological polar surface area (TPSA) is 34.1 Å². The first kappa shape index (κ1) is 18.7. The minimum Gasteiger partial charge on any atom is -0.289 e. The average Bonchev–Trinajstić information content (AvgIpc) is 2.71. The van der Waals surface area contributed by atoms with Gasteiger partial charge in [-0.3, -0.25) is 9.59 Å². The van der Waals surface area contributed by atoms with Gasteiger partial charge in [-0.15, -0.1) is 0 Å². The minimum absolute atomic E-state index is 0.0491. The van der Waals surface area contributed by atoms with Gasteiger partial charge in [-0.05, 0) is 41.5 Å². The summed E-state index contributed by atoms with van der Waals surface area (Å²) in [5.41, 5.74) is 3.05. The molecule has 0 radical (unpaired) electrons. The molecular weight excluding hydrogens is 400 g/mol. The van der Waals surface area contributed by atoms with Crippen molar-refractivity contribution in [1.82, 2.24) is 0 Å². The van der Waals surface area contributed by atoms with Crippen LogP contribution in [-0.4, -0.2) is 11.6 Å². The Labute approximate surface area is 167 Å². The maximum absolute atomic E-state index is 12.2.